The van der Waals surface area contributed by atoms with E-state index in [-0.39, 0.29) is 34.6 Å². The number of carbonyl (C=O) groups excluding carboxylic acids is 2. The molecule has 8 nitrogen and oxygen atoms in total. The molecule has 1 unspecified atom stereocenters. The van der Waals surface area contributed by atoms with Crippen molar-refractivity contribution in [3.8, 4) is 5.88 Å². The van der Waals surface area contributed by atoms with E-state index < -0.39 is 15.3 Å². The lowest BCUT2D eigenvalue weighted by Gasteiger charge is -2.34. The molecule has 1 aliphatic carbocycles. The molecule has 0 spiro atoms. The molecule has 0 bridgehead atoms. The second-order valence-electron chi connectivity index (χ2n) is 8.98. The Bertz CT molecular complexity index is 1420. The molecule has 2 N–H and O–H groups in total. The number of sulfone groups is 1. The number of pyridine rings is 2. The van der Waals surface area contributed by atoms with Crippen molar-refractivity contribution >= 4 is 27.3 Å². The van der Waals surface area contributed by atoms with E-state index in [1.165, 1.54) is 24.4 Å². The molecule has 3 aromatic rings. The standard InChI is InChI=1S/C26H27N3O5S/c1-4-35(33,34)19-7-5-17(6-8-19)14-23(31)29-21-13-16(2)24-20(28-21)9-11-26(3,25(24)32)18-10-12-27-22(30)15-18/h5-8,10,12-13,15H,4,9,11,14H2,1-3H3,(H,27,30)(H,28,29,31). The van der Waals surface area contributed by atoms with Crippen molar-refractivity contribution in [2.45, 2.75) is 50.3 Å². The van der Waals surface area contributed by atoms with Crippen molar-refractivity contribution in [2.75, 3.05) is 11.1 Å². The number of Topliss-reactive ketones (excluding diaryl/α,β-unsaturated/α-hetero) is 1. The minimum Gasteiger partial charge on any atom is -0.493 e. The van der Waals surface area contributed by atoms with Crippen molar-refractivity contribution < 1.29 is 23.1 Å². The number of aromatic hydroxyl groups is 1. The summed E-state index contributed by atoms with van der Waals surface area (Å²) in [6.45, 7) is 5.26. The maximum atomic E-state index is 13.5. The van der Waals surface area contributed by atoms with Crippen molar-refractivity contribution in [1.82, 2.24) is 9.97 Å². The minimum absolute atomic E-state index is 0.0167. The Kier molecular flexibility index (Phi) is 6.46. The number of fused-ring (bicyclic) bond motifs is 1. The maximum Gasteiger partial charge on any atom is 0.229 e. The fourth-order valence-corrected chi connectivity index (χ4v) is 5.33. The number of amides is 1. The van der Waals surface area contributed by atoms with E-state index in [0.29, 0.717) is 46.6 Å². The average molecular weight is 494 g/mol. The molecule has 35 heavy (non-hydrogen) atoms. The zero-order valence-corrected chi connectivity index (χ0v) is 20.6. The molecule has 1 amide bonds. The lowest BCUT2D eigenvalue weighted by atomic mass is 9.68. The summed E-state index contributed by atoms with van der Waals surface area (Å²) in [5.74, 6) is -0.106. The number of benzene rings is 1. The van der Waals surface area contributed by atoms with Gasteiger partial charge in [0, 0.05) is 17.8 Å². The Hall–Kier alpha value is -3.59. The summed E-state index contributed by atoms with van der Waals surface area (Å²) >= 11 is 0. The number of nitrogens with zero attached hydrogens (tertiary/aromatic N) is 2. The first kappa shape index (κ1) is 24.5. The highest BCUT2D eigenvalue weighted by Crippen LogP contribution is 2.39. The van der Waals surface area contributed by atoms with Gasteiger partial charge in [0.25, 0.3) is 0 Å². The van der Waals surface area contributed by atoms with Gasteiger partial charge in [-0.15, -0.1) is 0 Å². The average Bonchev–Trinajstić information content (AvgIpc) is 2.81. The quantitative estimate of drug-likeness (QED) is 0.538. The summed E-state index contributed by atoms with van der Waals surface area (Å²) in [6, 6.07) is 11.2. The summed E-state index contributed by atoms with van der Waals surface area (Å²) in [7, 11) is -3.29. The molecule has 0 fully saturated rings. The van der Waals surface area contributed by atoms with Gasteiger partial charge in [-0.25, -0.2) is 18.4 Å². The number of carbonyl (C=O) groups is 2. The van der Waals surface area contributed by atoms with Crippen LogP contribution in [0.1, 0.15) is 53.0 Å². The summed E-state index contributed by atoms with van der Waals surface area (Å²) in [4.78, 5) is 34.7. The first-order valence-corrected chi connectivity index (χ1v) is 13.0. The molecule has 182 valence electrons. The third-order valence-electron chi connectivity index (χ3n) is 6.56. The van der Waals surface area contributed by atoms with E-state index in [1.54, 1.807) is 31.2 Å². The molecule has 1 aromatic carbocycles. The first-order chi connectivity index (χ1) is 16.5. The Morgan fingerprint density at radius 2 is 1.89 bits per heavy atom. The molecule has 2 aromatic heterocycles. The molecule has 0 aliphatic heterocycles. The van der Waals surface area contributed by atoms with Gasteiger partial charge in [-0.05, 0) is 67.6 Å². The summed E-state index contributed by atoms with van der Waals surface area (Å²) in [5.41, 5.74) is 2.47. The van der Waals surface area contributed by atoms with Gasteiger partial charge in [0.2, 0.25) is 11.8 Å². The molecular formula is C26H27N3O5S. The Labute approximate surface area is 204 Å². The van der Waals surface area contributed by atoms with Gasteiger partial charge in [0.15, 0.2) is 15.6 Å². The Morgan fingerprint density at radius 3 is 2.54 bits per heavy atom. The molecule has 9 heteroatoms. The van der Waals surface area contributed by atoms with Crippen LogP contribution in [0, 0.1) is 6.92 Å². The van der Waals surface area contributed by atoms with Crippen LogP contribution in [0.2, 0.25) is 0 Å². The van der Waals surface area contributed by atoms with Crippen LogP contribution in [-0.2, 0) is 32.9 Å². The van der Waals surface area contributed by atoms with Crippen molar-refractivity contribution in [3.05, 3.63) is 76.6 Å². The van der Waals surface area contributed by atoms with Gasteiger partial charge in [-0.2, -0.15) is 0 Å². The fourth-order valence-electron chi connectivity index (χ4n) is 4.44. The topological polar surface area (TPSA) is 126 Å². The van der Waals surface area contributed by atoms with Crippen LogP contribution in [0.15, 0.2) is 53.6 Å². The van der Waals surface area contributed by atoms with E-state index in [1.807, 2.05) is 13.8 Å². The third kappa shape index (κ3) is 4.81. The largest absolute Gasteiger partial charge is 0.493 e. The van der Waals surface area contributed by atoms with E-state index in [0.717, 1.165) is 0 Å². The Morgan fingerprint density at radius 1 is 1.17 bits per heavy atom. The molecule has 1 atom stereocenters. The van der Waals surface area contributed by atoms with Crippen LogP contribution in [0.4, 0.5) is 5.82 Å². The van der Waals surface area contributed by atoms with Gasteiger partial charge in [-0.1, -0.05) is 19.1 Å². The van der Waals surface area contributed by atoms with E-state index in [4.69, 9.17) is 0 Å². The van der Waals surface area contributed by atoms with Crippen molar-refractivity contribution in [2.24, 2.45) is 0 Å². The number of ketones is 1. The molecule has 4 rings (SSSR count). The SMILES string of the molecule is CCS(=O)(=O)c1ccc(CC(=O)Nc2cc(C)c3c(n2)CCC(C)(c2ccnc(O)c2)C3=O)cc1. The highest BCUT2D eigenvalue weighted by atomic mass is 32.2. The van der Waals surface area contributed by atoms with Crippen molar-refractivity contribution in [1.29, 1.82) is 0 Å². The molecule has 0 saturated heterocycles. The second-order valence-corrected chi connectivity index (χ2v) is 11.3. The highest BCUT2D eigenvalue weighted by Gasteiger charge is 2.41. The van der Waals surface area contributed by atoms with Gasteiger partial charge in [0.05, 0.1) is 28.2 Å². The number of hydrogen-bond donors (Lipinski definition) is 2. The molecule has 2 heterocycles. The van der Waals surface area contributed by atoms with Crippen LogP contribution < -0.4 is 5.32 Å². The van der Waals surface area contributed by atoms with Gasteiger partial charge in [0.1, 0.15) is 5.82 Å². The van der Waals surface area contributed by atoms with E-state index in [9.17, 15) is 23.1 Å². The fraction of sp³-hybridized carbons (Fsp3) is 0.308. The van der Waals surface area contributed by atoms with Gasteiger partial charge in [-0.3, -0.25) is 9.59 Å². The number of aryl methyl sites for hydroxylation is 2. The minimum atomic E-state index is -3.29. The van der Waals surface area contributed by atoms with Gasteiger partial charge >= 0.3 is 0 Å². The molecular weight excluding hydrogens is 466 g/mol. The normalized spacial score (nSPS) is 17.6. The molecule has 0 saturated carbocycles. The summed E-state index contributed by atoms with van der Waals surface area (Å²) < 4.78 is 23.9. The van der Waals surface area contributed by atoms with Gasteiger partial charge < -0.3 is 10.4 Å². The zero-order valence-electron chi connectivity index (χ0n) is 19.8. The number of aromatic nitrogens is 2. The van der Waals surface area contributed by atoms with E-state index in [2.05, 4.69) is 15.3 Å². The predicted octanol–water partition coefficient (Wildman–Crippen LogP) is 3.55. The lowest BCUT2D eigenvalue weighted by Crippen LogP contribution is -2.38. The predicted molar refractivity (Wildman–Crippen MR) is 131 cm³/mol. The monoisotopic (exact) mass is 493 g/mol. The van der Waals surface area contributed by atoms with Crippen LogP contribution in [0.25, 0.3) is 0 Å². The third-order valence-corrected chi connectivity index (χ3v) is 8.31. The lowest BCUT2D eigenvalue weighted by molar-refractivity contribution is -0.115. The zero-order chi connectivity index (χ0) is 25.4. The molecule has 0 radical (unpaired) electrons. The maximum absolute atomic E-state index is 13.5. The van der Waals surface area contributed by atoms with Crippen LogP contribution in [-0.4, -0.2) is 40.9 Å². The number of rotatable bonds is 6. The van der Waals surface area contributed by atoms with Crippen molar-refractivity contribution in [3.63, 3.8) is 0 Å². The number of hydrogen-bond acceptors (Lipinski definition) is 7. The van der Waals surface area contributed by atoms with Crippen LogP contribution in [0.5, 0.6) is 5.88 Å². The van der Waals surface area contributed by atoms with Crippen LogP contribution >= 0.6 is 0 Å². The smallest absolute Gasteiger partial charge is 0.229 e. The van der Waals surface area contributed by atoms with E-state index >= 15 is 0 Å². The first-order valence-electron chi connectivity index (χ1n) is 11.4. The summed E-state index contributed by atoms with van der Waals surface area (Å²) in [6.07, 6.45) is 2.60. The van der Waals surface area contributed by atoms with Crippen LogP contribution in [0.3, 0.4) is 0 Å². The second kappa shape index (κ2) is 9.22. The highest BCUT2D eigenvalue weighted by molar-refractivity contribution is 7.91. The Balaban J connectivity index is 1.51. The summed E-state index contributed by atoms with van der Waals surface area (Å²) in [5, 5.41) is 12.6. The molecule has 1 aliphatic rings. The number of anilines is 1. The number of nitrogens with one attached hydrogen (secondary N) is 1.